The van der Waals surface area contributed by atoms with Crippen LogP contribution in [0, 0.1) is 0 Å². The fraction of sp³-hybridized carbons (Fsp3) is 0.814. The molecule has 0 rings (SSSR count). The van der Waals surface area contributed by atoms with Crippen LogP contribution in [0.3, 0.4) is 0 Å². The maximum atomic E-state index is 12.5. The molecule has 3 atom stereocenters. The molecule has 316 valence electrons. The zero-order chi connectivity index (χ0) is 39.8. The van der Waals surface area contributed by atoms with Crippen LogP contribution < -0.4 is 5.73 Å². The minimum atomic E-state index is -4.40. The highest BCUT2D eigenvalue weighted by atomic mass is 31.2. The summed E-state index contributed by atoms with van der Waals surface area (Å²) in [6, 6.07) is 0. The summed E-state index contributed by atoms with van der Waals surface area (Å²) in [7, 11) is -4.40. The zero-order valence-electron chi connectivity index (χ0n) is 34.3. The molecule has 0 aromatic rings. The fourth-order valence-corrected chi connectivity index (χ4v) is 6.64. The summed E-state index contributed by atoms with van der Waals surface area (Å²) in [5, 5.41) is 10.1. The predicted molar refractivity (Wildman–Crippen MR) is 221 cm³/mol. The molecule has 0 amide bonds. The first-order valence-electron chi connectivity index (χ1n) is 21.6. The minimum absolute atomic E-state index is 0.0362. The van der Waals surface area contributed by atoms with E-state index in [-0.39, 0.29) is 32.6 Å². The van der Waals surface area contributed by atoms with Crippen LogP contribution >= 0.6 is 7.82 Å². The first kappa shape index (κ1) is 52.2. The Balaban J connectivity index is 4.30. The summed E-state index contributed by atoms with van der Waals surface area (Å²) < 4.78 is 32.7. The van der Waals surface area contributed by atoms with Crippen LogP contribution in [0.4, 0.5) is 0 Å². The van der Waals surface area contributed by atoms with Gasteiger partial charge in [0.25, 0.3) is 0 Å². The van der Waals surface area contributed by atoms with E-state index >= 15 is 0 Å². The Morgan fingerprint density at radius 1 is 0.648 bits per heavy atom. The Hall–Kier alpha value is -1.81. The third-order valence-corrected chi connectivity index (χ3v) is 10.1. The van der Waals surface area contributed by atoms with Crippen molar-refractivity contribution in [2.24, 2.45) is 5.73 Å². The SMILES string of the molecule is CCCCCCCCCCCCCCCCCC(=O)OCC(COP(=O)(O)OCCN)OC(=O)CCC/C=C\C/C=C\C=C/C(O)CCCCCCCC. The molecule has 4 N–H and O–H groups in total. The van der Waals surface area contributed by atoms with Crippen molar-refractivity contribution in [2.45, 2.75) is 199 Å². The Kier molecular flexibility index (Phi) is 38.1. The number of carbonyl (C=O) groups is 2. The zero-order valence-corrected chi connectivity index (χ0v) is 35.2. The summed E-state index contributed by atoms with van der Waals surface area (Å²) in [6.45, 7) is 3.58. The van der Waals surface area contributed by atoms with Crippen molar-refractivity contribution in [2.75, 3.05) is 26.4 Å². The van der Waals surface area contributed by atoms with Crippen LogP contribution in [0.1, 0.15) is 187 Å². The number of esters is 2. The number of phosphoric ester groups is 1. The first-order valence-corrected chi connectivity index (χ1v) is 23.1. The fourth-order valence-electron chi connectivity index (χ4n) is 5.88. The summed E-state index contributed by atoms with van der Waals surface area (Å²) in [5.41, 5.74) is 5.34. The summed E-state index contributed by atoms with van der Waals surface area (Å²) in [4.78, 5) is 34.8. The average Bonchev–Trinajstić information content (AvgIpc) is 3.15. The Morgan fingerprint density at radius 3 is 1.76 bits per heavy atom. The Labute approximate surface area is 329 Å². The molecule has 0 spiro atoms. The molecule has 3 unspecified atom stereocenters. The topological polar surface area (TPSA) is 155 Å². The number of allylic oxidation sites excluding steroid dienone is 5. The third kappa shape index (κ3) is 38.5. The van der Waals surface area contributed by atoms with Crippen LogP contribution in [0.2, 0.25) is 0 Å². The van der Waals surface area contributed by atoms with Gasteiger partial charge in [-0.25, -0.2) is 4.57 Å². The maximum Gasteiger partial charge on any atom is 0.472 e. The second-order valence-electron chi connectivity index (χ2n) is 14.4. The summed E-state index contributed by atoms with van der Waals surface area (Å²) >= 11 is 0. The Morgan fingerprint density at radius 2 is 1.19 bits per heavy atom. The molecule has 0 bridgehead atoms. The number of ether oxygens (including phenoxy) is 2. The lowest BCUT2D eigenvalue weighted by Crippen LogP contribution is -2.29. The molecule has 10 nitrogen and oxygen atoms in total. The van der Waals surface area contributed by atoms with E-state index in [0.717, 1.165) is 38.5 Å². The number of carbonyl (C=O) groups excluding carboxylic acids is 2. The van der Waals surface area contributed by atoms with Gasteiger partial charge in [-0.1, -0.05) is 179 Å². The standard InChI is InChI=1S/C43H80NO9P/c1-3-5-7-9-11-12-13-14-15-16-17-18-22-26-30-34-42(46)50-38-41(39-52-54(48,49)51-37-36-44)53-43(47)35-31-27-23-20-19-21-25-29-33-40(45)32-28-24-10-8-6-4-2/h20-21,23,25,29,33,40-41,45H,3-19,22,24,26-28,30-32,34-39,44H2,1-2H3,(H,48,49)/b23-20-,25-21-,33-29-. The van der Waals surface area contributed by atoms with Gasteiger partial charge in [0.15, 0.2) is 6.10 Å². The van der Waals surface area contributed by atoms with Crippen molar-refractivity contribution in [3.8, 4) is 0 Å². The molecule has 0 radical (unpaired) electrons. The van der Waals surface area contributed by atoms with Crippen molar-refractivity contribution in [1.29, 1.82) is 0 Å². The van der Waals surface area contributed by atoms with Crippen LogP contribution in [0.15, 0.2) is 36.5 Å². The highest BCUT2D eigenvalue weighted by Gasteiger charge is 2.26. The lowest BCUT2D eigenvalue weighted by atomic mass is 10.0. The number of hydrogen-bond acceptors (Lipinski definition) is 9. The van der Waals surface area contributed by atoms with E-state index < -0.39 is 38.6 Å². The second-order valence-corrected chi connectivity index (χ2v) is 15.9. The van der Waals surface area contributed by atoms with Gasteiger partial charge in [0.05, 0.1) is 19.3 Å². The van der Waals surface area contributed by atoms with Gasteiger partial charge in [0, 0.05) is 19.4 Å². The largest absolute Gasteiger partial charge is 0.472 e. The lowest BCUT2D eigenvalue weighted by molar-refractivity contribution is -0.161. The molecule has 0 aliphatic carbocycles. The van der Waals surface area contributed by atoms with E-state index in [1.807, 2.05) is 36.5 Å². The van der Waals surface area contributed by atoms with E-state index in [2.05, 4.69) is 13.8 Å². The monoisotopic (exact) mass is 786 g/mol. The van der Waals surface area contributed by atoms with Gasteiger partial charge in [-0.3, -0.25) is 18.6 Å². The number of phosphoric acid groups is 1. The number of aliphatic hydroxyl groups excluding tert-OH is 1. The van der Waals surface area contributed by atoms with E-state index in [1.165, 1.54) is 109 Å². The van der Waals surface area contributed by atoms with Crippen molar-refractivity contribution >= 4 is 19.8 Å². The molecule has 0 aliphatic heterocycles. The molecule has 0 aromatic carbocycles. The quantitative estimate of drug-likeness (QED) is 0.0180. The van der Waals surface area contributed by atoms with Crippen LogP contribution in [-0.2, 0) is 32.7 Å². The molecule has 0 aliphatic rings. The number of unbranched alkanes of at least 4 members (excludes halogenated alkanes) is 20. The van der Waals surface area contributed by atoms with E-state index in [4.69, 9.17) is 24.3 Å². The van der Waals surface area contributed by atoms with Crippen molar-refractivity contribution in [3.05, 3.63) is 36.5 Å². The van der Waals surface area contributed by atoms with Crippen molar-refractivity contribution in [1.82, 2.24) is 0 Å². The predicted octanol–water partition coefficient (Wildman–Crippen LogP) is 11.1. The van der Waals surface area contributed by atoms with Crippen molar-refractivity contribution in [3.63, 3.8) is 0 Å². The van der Waals surface area contributed by atoms with E-state index in [0.29, 0.717) is 12.8 Å². The summed E-state index contributed by atoms with van der Waals surface area (Å²) in [5.74, 6) is -0.924. The molecule has 0 fully saturated rings. The third-order valence-electron chi connectivity index (χ3n) is 9.13. The number of aliphatic hydroxyl groups is 1. The molecule has 11 heteroatoms. The van der Waals surface area contributed by atoms with Crippen LogP contribution in [-0.4, -0.2) is 60.5 Å². The number of hydrogen-bond donors (Lipinski definition) is 3. The molecule has 0 saturated heterocycles. The van der Waals surface area contributed by atoms with Gasteiger partial charge in [-0.15, -0.1) is 0 Å². The van der Waals surface area contributed by atoms with Crippen LogP contribution in [0.25, 0.3) is 0 Å². The molecular weight excluding hydrogens is 705 g/mol. The number of rotatable bonds is 40. The number of nitrogens with two attached hydrogens (primary N) is 1. The second kappa shape index (κ2) is 39.4. The minimum Gasteiger partial charge on any atom is -0.462 e. The van der Waals surface area contributed by atoms with Gasteiger partial charge < -0.3 is 25.2 Å². The maximum absolute atomic E-state index is 12.5. The first-order chi connectivity index (χ1) is 26.2. The molecule has 0 saturated carbocycles. The van der Waals surface area contributed by atoms with Gasteiger partial charge in [-0.2, -0.15) is 0 Å². The smallest absolute Gasteiger partial charge is 0.462 e. The summed E-state index contributed by atoms with van der Waals surface area (Å²) in [6.07, 6.45) is 39.2. The Bertz CT molecular complexity index is 1000. The van der Waals surface area contributed by atoms with Gasteiger partial charge >= 0.3 is 19.8 Å². The molecular formula is C43H80NO9P. The van der Waals surface area contributed by atoms with Gasteiger partial charge in [-0.05, 0) is 32.1 Å². The van der Waals surface area contributed by atoms with Crippen LogP contribution in [0.5, 0.6) is 0 Å². The van der Waals surface area contributed by atoms with Crippen molar-refractivity contribution < 1.29 is 42.7 Å². The highest BCUT2D eigenvalue weighted by molar-refractivity contribution is 7.47. The normalized spacial score (nSPS) is 14.2. The molecule has 54 heavy (non-hydrogen) atoms. The van der Waals surface area contributed by atoms with E-state index in [9.17, 15) is 24.2 Å². The van der Waals surface area contributed by atoms with E-state index in [1.54, 1.807) is 0 Å². The molecule has 0 aromatic heterocycles. The average molecular weight is 786 g/mol. The van der Waals surface area contributed by atoms with Gasteiger partial charge in [0.1, 0.15) is 6.61 Å². The highest BCUT2D eigenvalue weighted by Crippen LogP contribution is 2.43. The van der Waals surface area contributed by atoms with Gasteiger partial charge in [0.2, 0.25) is 0 Å². The molecule has 0 heterocycles. The lowest BCUT2D eigenvalue weighted by Gasteiger charge is -2.19.